The molecule has 0 radical (unpaired) electrons. The van der Waals surface area contributed by atoms with E-state index in [1.807, 2.05) is 0 Å². The van der Waals surface area contributed by atoms with Gasteiger partial charge in [-0.3, -0.25) is 14.4 Å². The molecule has 0 saturated carbocycles. The van der Waals surface area contributed by atoms with Gasteiger partial charge in [-0.05, 0) is 77.0 Å². The van der Waals surface area contributed by atoms with Crippen LogP contribution in [-0.2, 0) is 28.6 Å². The summed E-state index contributed by atoms with van der Waals surface area (Å²) in [5.74, 6) is -0.911. The number of unbranched alkanes of at least 4 members (excludes halogenated alkanes) is 22. The quantitative estimate of drug-likeness (QED) is 0.0267. The molecule has 0 heterocycles. The number of ether oxygens (including phenoxy) is 3. The topological polar surface area (TPSA) is 78.9 Å². The van der Waals surface area contributed by atoms with E-state index >= 15 is 0 Å². The molecule has 6 heteroatoms. The molecule has 0 N–H and O–H groups in total. The zero-order valence-corrected chi connectivity index (χ0v) is 36.2. The van der Waals surface area contributed by atoms with Crippen molar-refractivity contribution >= 4 is 17.9 Å². The number of esters is 3. The summed E-state index contributed by atoms with van der Waals surface area (Å²) in [5, 5.41) is 0. The van der Waals surface area contributed by atoms with Crippen LogP contribution in [0.3, 0.4) is 0 Å². The SMILES string of the molecule is CCC/C=C\C/C=C\CCCCCCCC(=O)OC(COC(=O)CCCCCCCCC)COC(=O)CCCCCCCCC/C=C\C/C=C\CCCCC. The fourth-order valence-electron chi connectivity index (χ4n) is 6.27. The Kier molecular flexibility index (Phi) is 42.0. The Morgan fingerprint density at radius 3 is 1.11 bits per heavy atom. The molecular formula is C49H86O6. The van der Waals surface area contributed by atoms with E-state index in [0.717, 1.165) is 103 Å². The van der Waals surface area contributed by atoms with Gasteiger partial charge in [0.05, 0.1) is 0 Å². The summed E-state index contributed by atoms with van der Waals surface area (Å²) in [4.78, 5) is 37.6. The Labute approximate surface area is 339 Å². The predicted octanol–water partition coefficient (Wildman–Crippen LogP) is 14.8. The summed E-state index contributed by atoms with van der Waals surface area (Å²) in [7, 11) is 0. The smallest absolute Gasteiger partial charge is 0.306 e. The van der Waals surface area contributed by atoms with E-state index in [0.29, 0.717) is 19.3 Å². The number of hydrogen-bond acceptors (Lipinski definition) is 6. The van der Waals surface area contributed by atoms with Gasteiger partial charge in [-0.15, -0.1) is 0 Å². The number of allylic oxidation sites excluding steroid dienone is 8. The highest BCUT2D eigenvalue weighted by molar-refractivity contribution is 5.71. The second kappa shape index (κ2) is 44.1. The van der Waals surface area contributed by atoms with Crippen molar-refractivity contribution in [3.63, 3.8) is 0 Å². The van der Waals surface area contributed by atoms with Crippen molar-refractivity contribution in [3.05, 3.63) is 48.6 Å². The third kappa shape index (κ3) is 42.4. The highest BCUT2D eigenvalue weighted by atomic mass is 16.6. The van der Waals surface area contributed by atoms with Gasteiger partial charge in [0.1, 0.15) is 13.2 Å². The molecule has 318 valence electrons. The molecule has 0 saturated heterocycles. The first-order valence-corrected chi connectivity index (χ1v) is 23.1. The van der Waals surface area contributed by atoms with E-state index in [1.165, 1.54) is 83.5 Å². The van der Waals surface area contributed by atoms with Crippen molar-refractivity contribution in [2.24, 2.45) is 0 Å². The van der Waals surface area contributed by atoms with Gasteiger partial charge in [-0.1, -0.05) is 179 Å². The van der Waals surface area contributed by atoms with Gasteiger partial charge in [0.25, 0.3) is 0 Å². The van der Waals surface area contributed by atoms with Crippen molar-refractivity contribution in [3.8, 4) is 0 Å². The third-order valence-electron chi connectivity index (χ3n) is 9.79. The summed E-state index contributed by atoms with van der Waals surface area (Å²) in [5.41, 5.74) is 0. The van der Waals surface area contributed by atoms with Crippen LogP contribution in [0.1, 0.15) is 226 Å². The molecule has 0 aliphatic rings. The zero-order valence-electron chi connectivity index (χ0n) is 36.2. The van der Waals surface area contributed by atoms with Gasteiger partial charge in [0, 0.05) is 19.3 Å². The van der Waals surface area contributed by atoms with Crippen LogP contribution in [0.25, 0.3) is 0 Å². The van der Waals surface area contributed by atoms with E-state index in [-0.39, 0.29) is 31.1 Å². The van der Waals surface area contributed by atoms with Crippen LogP contribution >= 0.6 is 0 Å². The van der Waals surface area contributed by atoms with Gasteiger partial charge in [-0.25, -0.2) is 0 Å². The lowest BCUT2D eigenvalue weighted by Gasteiger charge is -2.18. The van der Waals surface area contributed by atoms with Gasteiger partial charge < -0.3 is 14.2 Å². The van der Waals surface area contributed by atoms with Gasteiger partial charge in [0.2, 0.25) is 0 Å². The number of rotatable bonds is 41. The minimum absolute atomic E-state index is 0.0811. The molecule has 0 aliphatic carbocycles. The molecule has 0 aliphatic heterocycles. The van der Waals surface area contributed by atoms with Crippen LogP contribution in [0.15, 0.2) is 48.6 Å². The van der Waals surface area contributed by atoms with Crippen molar-refractivity contribution < 1.29 is 28.6 Å². The highest BCUT2D eigenvalue weighted by Crippen LogP contribution is 2.13. The molecular weight excluding hydrogens is 685 g/mol. The fourth-order valence-corrected chi connectivity index (χ4v) is 6.27. The summed E-state index contributed by atoms with van der Waals surface area (Å²) < 4.78 is 16.6. The van der Waals surface area contributed by atoms with Gasteiger partial charge >= 0.3 is 17.9 Å². The van der Waals surface area contributed by atoms with E-state index < -0.39 is 6.10 Å². The molecule has 6 nitrogen and oxygen atoms in total. The van der Waals surface area contributed by atoms with Crippen LogP contribution in [0.2, 0.25) is 0 Å². The molecule has 0 amide bonds. The molecule has 0 aromatic carbocycles. The van der Waals surface area contributed by atoms with Crippen LogP contribution < -0.4 is 0 Å². The maximum atomic E-state index is 12.7. The van der Waals surface area contributed by atoms with Crippen LogP contribution in [0.5, 0.6) is 0 Å². The normalized spacial score (nSPS) is 12.4. The van der Waals surface area contributed by atoms with E-state index in [2.05, 4.69) is 69.4 Å². The largest absolute Gasteiger partial charge is 0.462 e. The lowest BCUT2D eigenvalue weighted by atomic mass is 10.1. The lowest BCUT2D eigenvalue weighted by molar-refractivity contribution is -0.167. The molecule has 1 atom stereocenters. The van der Waals surface area contributed by atoms with Crippen molar-refractivity contribution in [2.45, 2.75) is 232 Å². The van der Waals surface area contributed by atoms with Gasteiger partial charge in [0.15, 0.2) is 6.10 Å². The number of carbonyl (C=O) groups excluding carboxylic acids is 3. The van der Waals surface area contributed by atoms with Crippen LogP contribution in [0.4, 0.5) is 0 Å². The average molecular weight is 771 g/mol. The Morgan fingerprint density at radius 1 is 0.364 bits per heavy atom. The monoisotopic (exact) mass is 771 g/mol. The summed E-state index contributed by atoms with van der Waals surface area (Å²) in [6, 6.07) is 0. The maximum absolute atomic E-state index is 12.7. The van der Waals surface area contributed by atoms with Crippen LogP contribution in [-0.4, -0.2) is 37.2 Å². The molecule has 0 fully saturated rings. The summed E-state index contributed by atoms with van der Waals surface area (Å²) >= 11 is 0. The van der Waals surface area contributed by atoms with E-state index in [9.17, 15) is 14.4 Å². The minimum atomic E-state index is -0.778. The first kappa shape index (κ1) is 52.4. The highest BCUT2D eigenvalue weighted by Gasteiger charge is 2.19. The molecule has 1 unspecified atom stereocenters. The Hall–Kier alpha value is -2.63. The lowest BCUT2D eigenvalue weighted by Crippen LogP contribution is -2.30. The molecule has 0 aromatic heterocycles. The number of carbonyl (C=O) groups is 3. The molecule has 0 bridgehead atoms. The summed E-state index contributed by atoms with van der Waals surface area (Å²) in [6.07, 6.45) is 51.0. The Balaban J connectivity index is 4.31. The Bertz CT molecular complexity index is 980. The molecule has 55 heavy (non-hydrogen) atoms. The Morgan fingerprint density at radius 2 is 0.691 bits per heavy atom. The predicted molar refractivity (Wildman–Crippen MR) is 233 cm³/mol. The fraction of sp³-hybridized carbons (Fsp3) is 0.776. The zero-order chi connectivity index (χ0) is 40.1. The van der Waals surface area contributed by atoms with Crippen molar-refractivity contribution in [2.75, 3.05) is 13.2 Å². The van der Waals surface area contributed by atoms with Crippen molar-refractivity contribution in [1.82, 2.24) is 0 Å². The minimum Gasteiger partial charge on any atom is -0.462 e. The second-order valence-corrected chi connectivity index (χ2v) is 15.3. The number of hydrogen-bond donors (Lipinski definition) is 0. The second-order valence-electron chi connectivity index (χ2n) is 15.3. The van der Waals surface area contributed by atoms with Crippen LogP contribution in [0, 0.1) is 0 Å². The molecule has 0 rings (SSSR count). The van der Waals surface area contributed by atoms with E-state index in [4.69, 9.17) is 14.2 Å². The third-order valence-corrected chi connectivity index (χ3v) is 9.79. The average Bonchev–Trinajstić information content (AvgIpc) is 3.18. The first-order valence-electron chi connectivity index (χ1n) is 23.1. The molecule has 0 spiro atoms. The first-order chi connectivity index (χ1) is 27.0. The maximum Gasteiger partial charge on any atom is 0.306 e. The van der Waals surface area contributed by atoms with Crippen molar-refractivity contribution in [1.29, 1.82) is 0 Å². The van der Waals surface area contributed by atoms with E-state index in [1.54, 1.807) is 0 Å². The standard InChI is InChI=1S/C49H86O6/c1-4-7-10-13-16-18-20-22-23-24-25-27-28-30-33-36-39-42-48(51)54-45-46(44-53-47(50)41-38-35-32-15-12-9-6-3)55-49(52)43-40-37-34-31-29-26-21-19-17-14-11-8-5-2/h11,14,16,18-19,21-23,46H,4-10,12-13,15,17,20,24-45H2,1-3H3/b14-11-,18-16-,21-19-,23-22-. The molecule has 0 aromatic rings. The van der Waals surface area contributed by atoms with Gasteiger partial charge in [-0.2, -0.15) is 0 Å². The summed E-state index contributed by atoms with van der Waals surface area (Å²) in [6.45, 7) is 6.48.